The van der Waals surface area contributed by atoms with Gasteiger partial charge in [0.25, 0.3) is 5.91 Å². The number of benzene rings is 2. The van der Waals surface area contributed by atoms with Crippen LogP contribution in [0.25, 0.3) is 5.69 Å². The molecule has 1 aliphatic rings. The molecule has 1 fully saturated rings. The van der Waals surface area contributed by atoms with E-state index in [9.17, 15) is 13.2 Å². The summed E-state index contributed by atoms with van der Waals surface area (Å²) in [5.74, 6) is 1.47. The van der Waals surface area contributed by atoms with Crippen molar-refractivity contribution < 1.29 is 17.9 Å². The first-order valence-corrected chi connectivity index (χ1v) is 12.0. The van der Waals surface area contributed by atoms with E-state index in [-0.39, 0.29) is 10.8 Å². The van der Waals surface area contributed by atoms with Crippen LogP contribution in [-0.2, 0) is 10.0 Å². The fourth-order valence-corrected chi connectivity index (χ4v) is 4.67. The van der Waals surface area contributed by atoms with Crippen LogP contribution < -0.4 is 9.64 Å². The van der Waals surface area contributed by atoms with Gasteiger partial charge in [-0.05, 0) is 36.4 Å². The lowest BCUT2D eigenvalue weighted by Crippen LogP contribution is -2.49. The average molecular weight is 470 g/mol. The maximum absolute atomic E-state index is 13.0. The lowest BCUT2D eigenvalue weighted by molar-refractivity contribution is 0.0746. The third-order valence-electron chi connectivity index (χ3n) is 5.68. The van der Waals surface area contributed by atoms with Gasteiger partial charge in [-0.1, -0.05) is 6.07 Å². The Labute approximate surface area is 193 Å². The summed E-state index contributed by atoms with van der Waals surface area (Å²) < 4.78 is 33.0. The van der Waals surface area contributed by atoms with E-state index in [1.165, 1.54) is 26.2 Å². The molecule has 0 spiro atoms. The topological polar surface area (TPSA) is 88.0 Å². The van der Waals surface area contributed by atoms with Crippen LogP contribution in [0.5, 0.6) is 5.75 Å². The Kier molecular flexibility index (Phi) is 6.39. The number of piperazine rings is 1. The first-order chi connectivity index (χ1) is 15.8. The Morgan fingerprint density at radius 2 is 1.73 bits per heavy atom. The molecule has 0 bridgehead atoms. The molecule has 0 unspecified atom stereocenters. The van der Waals surface area contributed by atoms with Gasteiger partial charge in [0.2, 0.25) is 16.0 Å². The molecule has 0 aliphatic carbocycles. The molecule has 3 aromatic rings. The summed E-state index contributed by atoms with van der Waals surface area (Å²) in [6.45, 7) is 2.36. The Morgan fingerprint density at radius 1 is 1.03 bits per heavy atom. The molecule has 174 valence electrons. The third-order valence-corrected chi connectivity index (χ3v) is 7.51. The van der Waals surface area contributed by atoms with Gasteiger partial charge in [0.05, 0.1) is 17.7 Å². The molecule has 0 atom stereocenters. The van der Waals surface area contributed by atoms with Crippen molar-refractivity contribution in [3.63, 3.8) is 0 Å². The second-order valence-electron chi connectivity index (χ2n) is 7.89. The maximum atomic E-state index is 13.0. The minimum absolute atomic E-state index is 0.111. The summed E-state index contributed by atoms with van der Waals surface area (Å²) in [5.41, 5.74) is 1.42. The molecule has 0 radical (unpaired) electrons. The van der Waals surface area contributed by atoms with Crippen molar-refractivity contribution in [1.29, 1.82) is 0 Å². The van der Waals surface area contributed by atoms with Crippen LogP contribution in [-0.4, -0.2) is 80.5 Å². The summed E-state index contributed by atoms with van der Waals surface area (Å²) in [6, 6.07) is 13.9. The summed E-state index contributed by atoms with van der Waals surface area (Å²) in [4.78, 5) is 21.6. The minimum atomic E-state index is -3.52. The van der Waals surface area contributed by atoms with Crippen molar-refractivity contribution in [1.82, 2.24) is 18.8 Å². The molecule has 2 aromatic carbocycles. The zero-order chi connectivity index (χ0) is 23.6. The summed E-state index contributed by atoms with van der Waals surface area (Å²) >= 11 is 0. The quantitative estimate of drug-likeness (QED) is 0.549. The van der Waals surface area contributed by atoms with Crippen molar-refractivity contribution in [3.05, 3.63) is 66.5 Å². The fraction of sp³-hybridized carbons (Fsp3) is 0.304. The lowest BCUT2D eigenvalue weighted by Gasteiger charge is -2.35. The van der Waals surface area contributed by atoms with E-state index < -0.39 is 10.0 Å². The van der Waals surface area contributed by atoms with E-state index >= 15 is 0 Å². The molecule has 1 aromatic heterocycles. The number of methoxy groups -OCH3 is 1. The van der Waals surface area contributed by atoms with Crippen LogP contribution in [0.4, 0.5) is 5.95 Å². The highest BCUT2D eigenvalue weighted by Crippen LogP contribution is 2.23. The van der Waals surface area contributed by atoms with Crippen molar-refractivity contribution in [3.8, 4) is 11.4 Å². The van der Waals surface area contributed by atoms with Gasteiger partial charge < -0.3 is 14.5 Å². The molecule has 33 heavy (non-hydrogen) atoms. The van der Waals surface area contributed by atoms with Crippen molar-refractivity contribution >= 4 is 21.9 Å². The lowest BCUT2D eigenvalue weighted by atomic mass is 10.2. The number of ether oxygens (including phenoxy) is 1. The zero-order valence-corrected chi connectivity index (χ0v) is 19.7. The summed E-state index contributed by atoms with van der Waals surface area (Å²) in [6.07, 6.45) is 3.67. The first kappa shape index (κ1) is 22.8. The third kappa shape index (κ3) is 4.57. The second kappa shape index (κ2) is 9.24. The molecule has 9 nitrogen and oxygen atoms in total. The Hall–Kier alpha value is -3.37. The molecule has 2 heterocycles. The van der Waals surface area contributed by atoms with E-state index in [1.807, 2.05) is 35.0 Å². The molecule has 1 saturated heterocycles. The highest BCUT2D eigenvalue weighted by Gasteiger charge is 2.25. The molecule has 1 amide bonds. The molecule has 4 rings (SSSR count). The average Bonchev–Trinajstić information content (AvgIpc) is 3.34. The number of sulfonamides is 1. The van der Waals surface area contributed by atoms with Crippen LogP contribution in [0.1, 0.15) is 10.4 Å². The number of carbonyl (C=O) groups excluding carboxylic acids is 1. The SMILES string of the molecule is COc1cccc(-n2ccnc2N2CCN(C(=O)c3ccc(S(=O)(=O)N(C)C)cc3)CC2)c1. The number of carbonyl (C=O) groups is 1. The van der Waals surface area contributed by atoms with Crippen LogP contribution in [0.15, 0.2) is 65.8 Å². The Morgan fingerprint density at radius 3 is 2.36 bits per heavy atom. The van der Waals surface area contributed by atoms with Crippen molar-refractivity contribution in [2.45, 2.75) is 4.90 Å². The zero-order valence-electron chi connectivity index (χ0n) is 18.9. The molecular weight excluding hydrogens is 442 g/mol. The highest BCUT2D eigenvalue weighted by atomic mass is 32.2. The number of nitrogens with zero attached hydrogens (tertiary/aromatic N) is 5. The Bertz CT molecular complexity index is 1230. The largest absolute Gasteiger partial charge is 0.497 e. The summed E-state index contributed by atoms with van der Waals surface area (Å²) in [5, 5.41) is 0. The van der Waals surface area contributed by atoms with E-state index in [2.05, 4.69) is 9.88 Å². The van der Waals surface area contributed by atoms with Crippen LogP contribution >= 0.6 is 0 Å². The van der Waals surface area contributed by atoms with Gasteiger partial charge in [0, 0.05) is 64.3 Å². The maximum Gasteiger partial charge on any atom is 0.253 e. The van der Waals surface area contributed by atoms with Gasteiger partial charge >= 0.3 is 0 Å². The van der Waals surface area contributed by atoms with E-state index in [4.69, 9.17) is 4.74 Å². The van der Waals surface area contributed by atoms with E-state index in [1.54, 1.807) is 30.3 Å². The molecule has 0 saturated carbocycles. The van der Waals surface area contributed by atoms with E-state index in [0.29, 0.717) is 31.7 Å². The summed E-state index contributed by atoms with van der Waals surface area (Å²) in [7, 11) is 1.07. The number of rotatable bonds is 6. The smallest absolute Gasteiger partial charge is 0.253 e. The van der Waals surface area contributed by atoms with Gasteiger partial charge in [-0.15, -0.1) is 0 Å². The predicted octanol–water partition coefficient (Wildman–Crippen LogP) is 2.09. The second-order valence-corrected chi connectivity index (χ2v) is 10.0. The predicted molar refractivity (Wildman–Crippen MR) is 126 cm³/mol. The molecule has 1 aliphatic heterocycles. The van der Waals surface area contributed by atoms with Gasteiger partial charge in [-0.25, -0.2) is 17.7 Å². The van der Waals surface area contributed by atoms with Crippen LogP contribution in [0.3, 0.4) is 0 Å². The van der Waals surface area contributed by atoms with Gasteiger partial charge in [0.1, 0.15) is 5.75 Å². The highest BCUT2D eigenvalue weighted by molar-refractivity contribution is 7.89. The monoisotopic (exact) mass is 469 g/mol. The van der Waals surface area contributed by atoms with Crippen molar-refractivity contribution in [2.24, 2.45) is 0 Å². The number of aromatic nitrogens is 2. The Balaban J connectivity index is 1.44. The minimum Gasteiger partial charge on any atom is -0.497 e. The van der Waals surface area contributed by atoms with Gasteiger partial charge in [-0.3, -0.25) is 9.36 Å². The number of hydrogen-bond acceptors (Lipinski definition) is 6. The molecule has 0 N–H and O–H groups in total. The molecule has 10 heteroatoms. The normalized spacial score (nSPS) is 14.5. The van der Waals surface area contributed by atoms with Gasteiger partial charge in [-0.2, -0.15) is 0 Å². The van der Waals surface area contributed by atoms with Crippen LogP contribution in [0, 0.1) is 0 Å². The fourth-order valence-electron chi connectivity index (χ4n) is 3.76. The van der Waals surface area contributed by atoms with Crippen molar-refractivity contribution in [2.75, 3.05) is 52.3 Å². The van der Waals surface area contributed by atoms with Crippen LogP contribution in [0.2, 0.25) is 0 Å². The standard InChI is InChI=1S/C23H27N5O4S/c1-25(2)33(30,31)21-9-7-18(8-10-21)22(29)26-13-15-27(16-14-26)23-24-11-12-28(23)19-5-4-6-20(17-19)32-3/h4-12,17H,13-16H2,1-3H3. The van der Waals surface area contributed by atoms with Gasteiger partial charge in [0.15, 0.2) is 0 Å². The number of imidazole rings is 1. The number of amides is 1. The first-order valence-electron chi connectivity index (χ1n) is 10.6. The van der Waals surface area contributed by atoms with E-state index in [0.717, 1.165) is 21.7 Å². The number of hydrogen-bond donors (Lipinski definition) is 0. The molecular formula is C23H27N5O4S. The number of anilines is 1.